The normalized spacial score (nSPS) is 37.0. The Labute approximate surface area is 241 Å². The Kier molecular flexibility index (Phi) is 7.56. The molecule has 41 heavy (non-hydrogen) atoms. The number of benzene rings is 1. The van der Waals surface area contributed by atoms with Gasteiger partial charge in [0.2, 0.25) is 0 Å². The minimum Gasteiger partial charge on any atom is -0.388 e. The van der Waals surface area contributed by atoms with Gasteiger partial charge in [-0.15, -0.1) is 0 Å². The van der Waals surface area contributed by atoms with E-state index in [1.807, 2.05) is 0 Å². The number of rotatable bonds is 8. The van der Waals surface area contributed by atoms with E-state index in [-0.39, 0.29) is 13.1 Å². The summed E-state index contributed by atoms with van der Waals surface area (Å²) in [6.07, 6.45) is -7.65. The average Bonchev–Trinajstić information content (AvgIpc) is 3.63. The van der Waals surface area contributed by atoms with E-state index in [2.05, 4.69) is 0 Å². The van der Waals surface area contributed by atoms with Crippen LogP contribution in [0.25, 0.3) is 11.0 Å². The first-order valence-electron chi connectivity index (χ1n) is 13.6. The molecule has 6 rings (SSSR count). The molecule has 2 N–H and O–H groups in total. The minimum atomic E-state index is -1.16. The summed E-state index contributed by atoms with van der Waals surface area (Å²) in [6.45, 7) is 6.86. The molecule has 1 aromatic carbocycles. The Morgan fingerprint density at radius 3 is 1.76 bits per heavy atom. The number of imidazole rings is 1. The summed E-state index contributed by atoms with van der Waals surface area (Å²) in [5, 5.41) is 23.0. The quantitative estimate of drug-likeness (QED) is 0.447. The lowest BCUT2D eigenvalue weighted by Crippen LogP contribution is -2.46. The van der Waals surface area contributed by atoms with Crippen LogP contribution in [0.3, 0.4) is 0 Å². The van der Waals surface area contributed by atoms with Crippen LogP contribution in [-0.4, -0.2) is 107 Å². The molecule has 4 saturated heterocycles. The van der Waals surface area contributed by atoms with E-state index in [1.54, 1.807) is 45.9 Å². The minimum absolute atomic E-state index is 0.116. The second-order valence-corrected chi connectivity index (χ2v) is 12.2. The van der Waals surface area contributed by atoms with Crippen LogP contribution in [0.5, 0.6) is 0 Å². The van der Waals surface area contributed by atoms with Gasteiger partial charge in [-0.2, -0.15) is 0 Å². The van der Waals surface area contributed by atoms with Crippen molar-refractivity contribution in [3.8, 4) is 0 Å². The highest BCUT2D eigenvalue weighted by Crippen LogP contribution is 2.41. The monoisotopic (exact) mass is 600 g/mol. The van der Waals surface area contributed by atoms with Crippen LogP contribution < -0.4 is 5.69 Å². The largest absolute Gasteiger partial charge is 0.388 e. The maximum Gasteiger partial charge on any atom is 0.329 e. The van der Waals surface area contributed by atoms with Gasteiger partial charge in [0.15, 0.2) is 24.2 Å². The maximum atomic E-state index is 13.8. The fourth-order valence-electron chi connectivity index (χ4n) is 6.39. The molecule has 2 aromatic rings. The fraction of sp³-hybridized carbons (Fsp3) is 0.741. The van der Waals surface area contributed by atoms with Gasteiger partial charge in [0.1, 0.15) is 48.8 Å². The number of aromatic nitrogens is 2. The number of halogens is 1. The maximum absolute atomic E-state index is 13.8. The van der Waals surface area contributed by atoms with Crippen molar-refractivity contribution >= 4 is 22.6 Å². The summed E-state index contributed by atoms with van der Waals surface area (Å²) in [5.74, 6) is -1.69. The van der Waals surface area contributed by atoms with Gasteiger partial charge >= 0.3 is 5.69 Å². The standard InChI is InChI=1S/C27H37ClN2O11/c1-26(2)38-21-19(34-5)17(36-23(21)40-26)15(31)10-29-13-8-7-12(28)9-14(13)30(25(29)33)11-16(32)18-20(35-6)22-24(37-18)41-27(3,4)39-22/h7-9,15-24,31-32H,10-11H2,1-6H3/t15-,16-,17-,18-,19+,20+,21?,22-,23?,24-/m1/s1. The summed E-state index contributed by atoms with van der Waals surface area (Å²) in [7, 11) is 3.02. The second kappa shape index (κ2) is 10.5. The Morgan fingerprint density at radius 2 is 1.29 bits per heavy atom. The third-order valence-corrected chi connectivity index (χ3v) is 8.31. The summed E-state index contributed by atoms with van der Waals surface area (Å²) in [4.78, 5) is 13.8. The summed E-state index contributed by atoms with van der Waals surface area (Å²) in [6, 6.07) is 4.99. The molecule has 5 heterocycles. The molecule has 10 atom stereocenters. The molecule has 0 spiro atoms. The van der Waals surface area contributed by atoms with Crippen molar-refractivity contribution in [2.45, 2.75) is 114 Å². The molecule has 0 amide bonds. The molecule has 0 radical (unpaired) electrons. The highest BCUT2D eigenvalue weighted by atomic mass is 35.5. The molecular weight excluding hydrogens is 564 g/mol. The Morgan fingerprint density at radius 1 is 0.829 bits per heavy atom. The van der Waals surface area contributed by atoms with E-state index in [4.69, 9.17) is 49.5 Å². The van der Waals surface area contributed by atoms with Gasteiger partial charge in [0, 0.05) is 19.2 Å². The van der Waals surface area contributed by atoms with Crippen LogP contribution in [0.1, 0.15) is 27.7 Å². The molecule has 4 fully saturated rings. The fourth-order valence-corrected chi connectivity index (χ4v) is 6.56. The van der Waals surface area contributed by atoms with E-state index < -0.39 is 78.7 Å². The lowest BCUT2D eigenvalue weighted by atomic mass is 10.1. The van der Waals surface area contributed by atoms with Crippen LogP contribution in [0, 0.1) is 0 Å². The molecule has 13 nitrogen and oxygen atoms in total. The van der Waals surface area contributed by atoms with Crippen molar-refractivity contribution in [1.82, 2.24) is 9.13 Å². The zero-order valence-corrected chi connectivity index (χ0v) is 24.5. The van der Waals surface area contributed by atoms with Crippen LogP contribution in [0.2, 0.25) is 5.02 Å². The zero-order chi connectivity index (χ0) is 29.4. The number of fused-ring (bicyclic) bond motifs is 3. The Balaban J connectivity index is 1.25. The molecule has 4 aliphatic rings. The average molecular weight is 601 g/mol. The number of hydrogen-bond acceptors (Lipinski definition) is 11. The number of hydrogen-bond donors (Lipinski definition) is 2. The second-order valence-electron chi connectivity index (χ2n) is 11.8. The summed E-state index contributed by atoms with van der Waals surface area (Å²) < 4.78 is 49.5. The van der Waals surface area contributed by atoms with E-state index in [9.17, 15) is 15.0 Å². The molecule has 228 valence electrons. The van der Waals surface area contributed by atoms with Crippen LogP contribution in [0.4, 0.5) is 0 Å². The molecule has 14 heteroatoms. The number of ether oxygens (including phenoxy) is 8. The molecule has 0 bridgehead atoms. The zero-order valence-electron chi connectivity index (χ0n) is 23.8. The smallest absolute Gasteiger partial charge is 0.329 e. The third kappa shape index (κ3) is 5.14. The Hall–Kier alpha value is -1.62. The molecule has 1 aromatic heterocycles. The summed E-state index contributed by atoms with van der Waals surface area (Å²) >= 11 is 6.30. The molecule has 4 aliphatic heterocycles. The van der Waals surface area contributed by atoms with Gasteiger partial charge in [-0.1, -0.05) is 11.6 Å². The number of methoxy groups -OCH3 is 2. The van der Waals surface area contributed by atoms with Gasteiger partial charge in [-0.25, -0.2) is 4.79 Å². The first-order chi connectivity index (χ1) is 19.3. The van der Waals surface area contributed by atoms with Crippen molar-refractivity contribution in [3.63, 3.8) is 0 Å². The molecule has 0 saturated carbocycles. The van der Waals surface area contributed by atoms with Crippen molar-refractivity contribution in [1.29, 1.82) is 0 Å². The number of nitrogens with zero attached hydrogens (tertiary/aromatic N) is 2. The predicted octanol–water partition coefficient (Wildman–Crippen LogP) is 0.961. The van der Waals surface area contributed by atoms with Crippen molar-refractivity contribution < 1.29 is 48.1 Å². The first kappa shape index (κ1) is 29.5. The molecular formula is C27H37ClN2O11. The topological polar surface area (TPSA) is 141 Å². The van der Waals surface area contributed by atoms with Crippen LogP contribution in [0.15, 0.2) is 23.0 Å². The van der Waals surface area contributed by atoms with Crippen LogP contribution in [-0.2, 0) is 51.0 Å². The molecule has 0 aliphatic carbocycles. The SMILES string of the molecule is CO[C@@H]1[C@H]2OC(C)(C)O[C@H]2O[C@@H]1[C@H](O)Cn1c(=O)n(C[C@@H](O)[C@H]2OC3OC(C)(C)OC3[C@H]2OC)c2ccc(Cl)cc21. The predicted molar refractivity (Wildman–Crippen MR) is 142 cm³/mol. The third-order valence-electron chi connectivity index (χ3n) is 8.08. The lowest BCUT2D eigenvalue weighted by molar-refractivity contribution is -0.228. The lowest BCUT2D eigenvalue weighted by Gasteiger charge is -2.28. The van der Waals surface area contributed by atoms with Gasteiger partial charge in [0.25, 0.3) is 0 Å². The van der Waals surface area contributed by atoms with Crippen molar-refractivity contribution in [3.05, 3.63) is 33.7 Å². The van der Waals surface area contributed by atoms with E-state index >= 15 is 0 Å². The van der Waals surface area contributed by atoms with Gasteiger partial charge in [-0.3, -0.25) is 9.13 Å². The van der Waals surface area contributed by atoms with Crippen LogP contribution >= 0.6 is 11.6 Å². The Bertz CT molecular complexity index is 1340. The van der Waals surface area contributed by atoms with Gasteiger partial charge in [-0.05, 0) is 45.9 Å². The summed E-state index contributed by atoms with van der Waals surface area (Å²) in [5.41, 5.74) is 0.546. The number of aliphatic hydroxyl groups is 2. The molecule has 2 unspecified atom stereocenters. The van der Waals surface area contributed by atoms with E-state index in [0.717, 1.165) is 0 Å². The first-order valence-corrected chi connectivity index (χ1v) is 14.0. The van der Waals surface area contributed by atoms with Gasteiger partial charge in [0.05, 0.1) is 24.1 Å². The van der Waals surface area contributed by atoms with Gasteiger partial charge < -0.3 is 48.1 Å². The van der Waals surface area contributed by atoms with E-state index in [1.165, 1.54) is 23.4 Å². The number of aliphatic hydroxyl groups excluding tert-OH is 2. The highest BCUT2D eigenvalue weighted by molar-refractivity contribution is 6.31. The van der Waals surface area contributed by atoms with E-state index in [0.29, 0.717) is 16.1 Å². The van der Waals surface area contributed by atoms with Crippen molar-refractivity contribution in [2.24, 2.45) is 0 Å². The van der Waals surface area contributed by atoms with Crippen molar-refractivity contribution in [2.75, 3.05) is 14.2 Å². The highest BCUT2D eigenvalue weighted by Gasteiger charge is 2.58.